The lowest BCUT2D eigenvalue weighted by Crippen LogP contribution is -2.57. The van der Waals surface area contributed by atoms with E-state index in [0.29, 0.717) is 0 Å². The topological polar surface area (TPSA) is 41.6 Å². The van der Waals surface area contributed by atoms with Crippen LogP contribution >= 0.6 is 0 Å². The van der Waals surface area contributed by atoms with E-state index in [-0.39, 0.29) is 17.6 Å². The molecule has 4 heteroatoms. The number of piperidine rings is 1. The summed E-state index contributed by atoms with van der Waals surface area (Å²) in [7, 11) is 3.63. The van der Waals surface area contributed by atoms with Crippen molar-refractivity contribution in [2.75, 3.05) is 27.2 Å². The highest BCUT2D eigenvalue weighted by atomic mass is 16.5. The molecule has 0 radical (unpaired) electrons. The molecule has 0 bridgehead atoms. The lowest BCUT2D eigenvalue weighted by molar-refractivity contribution is -0.146. The van der Waals surface area contributed by atoms with Gasteiger partial charge in [-0.3, -0.25) is 4.79 Å². The molecule has 1 N–H and O–H groups in total. The van der Waals surface area contributed by atoms with Gasteiger partial charge in [-0.05, 0) is 39.2 Å². The average molecular weight is 226 g/mol. The first kappa shape index (κ1) is 11.9. The fourth-order valence-electron chi connectivity index (χ4n) is 2.71. The molecule has 1 amide bonds. The van der Waals surface area contributed by atoms with Crippen LogP contribution < -0.4 is 5.32 Å². The van der Waals surface area contributed by atoms with Gasteiger partial charge in [0.2, 0.25) is 5.91 Å². The highest BCUT2D eigenvalue weighted by Crippen LogP contribution is 2.36. The number of amides is 1. The zero-order valence-corrected chi connectivity index (χ0v) is 10.3. The van der Waals surface area contributed by atoms with Crippen molar-refractivity contribution in [1.82, 2.24) is 10.2 Å². The number of likely N-dealkylation sites (N-methyl/N-ethyl adjacent to an activating group) is 1. The first-order chi connectivity index (χ1) is 7.71. The van der Waals surface area contributed by atoms with Gasteiger partial charge in [-0.2, -0.15) is 0 Å². The molecular weight excluding hydrogens is 204 g/mol. The zero-order chi connectivity index (χ0) is 11.6. The molecule has 1 aliphatic heterocycles. The predicted octanol–water partition coefficient (Wildman–Crippen LogP) is 0.766. The third-order valence-electron chi connectivity index (χ3n) is 4.06. The summed E-state index contributed by atoms with van der Waals surface area (Å²) in [6.07, 6.45) is 5.48. The summed E-state index contributed by atoms with van der Waals surface area (Å²) in [5.74, 6) is 0.247. The molecule has 2 rings (SSSR count). The maximum atomic E-state index is 12.1. The minimum Gasteiger partial charge on any atom is -0.376 e. The Morgan fingerprint density at radius 3 is 2.75 bits per heavy atom. The van der Waals surface area contributed by atoms with E-state index in [1.54, 1.807) is 7.11 Å². The van der Waals surface area contributed by atoms with E-state index in [1.807, 2.05) is 11.9 Å². The van der Waals surface area contributed by atoms with Gasteiger partial charge in [0.25, 0.3) is 0 Å². The quantitative estimate of drug-likeness (QED) is 0.769. The van der Waals surface area contributed by atoms with Gasteiger partial charge in [-0.25, -0.2) is 0 Å². The first-order valence-electron chi connectivity index (χ1n) is 6.22. The maximum absolute atomic E-state index is 12.1. The minimum absolute atomic E-state index is 0.0164. The molecule has 0 aromatic rings. The lowest BCUT2D eigenvalue weighted by atomic mass is 9.79. The predicted molar refractivity (Wildman–Crippen MR) is 62.3 cm³/mol. The molecule has 2 aliphatic rings. The van der Waals surface area contributed by atoms with Crippen LogP contribution in [-0.2, 0) is 9.53 Å². The standard InChI is InChI=1S/C12H22N2O2/c1-13-10-5-3-8-14(11(10)15)9-12(16-2)6-4-7-12/h10,13H,3-9H2,1-2H3. The van der Waals surface area contributed by atoms with Crippen molar-refractivity contribution in [2.45, 2.75) is 43.7 Å². The van der Waals surface area contributed by atoms with Crippen LogP contribution in [-0.4, -0.2) is 49.7 Å². The molecule has 1 unspecified atom stereocenters. The Hall–Kier alpha value is -0.610. The lowest BCUT2D eigenvalue weighted by Gasteiger charge is -2.45. The van der Waals surface area contributed by atoms with Crippen molar-refractivity contribution in [3.63, 3.8) is 0 Å². The van der Waals surface area contributed by atoms with E-state index in [0.717, 1.165) is 38.8 Å². The van der Waals surface area contributed by atoms with Crippen LogP contribution in [0.4, 0.5) is 0 Å². The molecule has 92 valence electrons. The molecule has 1 aliphatic carbocycles. The second-order valence-electron chi connectivity index (χ2n) is 4.98. The number of carbonyl (C=O) groups is 1. The number of hydrogen-bond donors (Lipinski definition) is 1. The number of carbonyl (C=O) groups excluding carboxylic acids is 1. The Bertz CT molecular complexity index is 258. The van der Waals surface area contributed by atoms with Gasteiger partial charge < -0.3 is 15.0 Å². The van der Waals surface area contributed by atoms with Crippen molar-refractivity contribution in [1.29, 1.82) is 0 Å². The number of hydrogen-bond acceptors (Lipinski definition) is 3. The highest BCUT2D eigenvalue weighted by Gasteiger charge is 2.41. The van der Waals surface area contributed by atoms with Crippen molar-refractivity contribution in [3.8, 4) is 0 Å². The maximum Gasteiger partial charge on any atom is 0.239 e. The van der Waals surface area contributed by atoms with Crippen molar-refractivity contribution in [3.05, 3.63) is 0 Å². The number of rotatable bonds is 4. The molecule has 1 saturated carbocycles. The van der Waals surface area contributed by atoms with Crippen LogP contribution in [0.15, 0.2) is 0 Å². The molecule has 4 nitrogen and oxygen atoms in total. The summed E-state index contributed by atoms with van der Waals surface area (Å²) in [5.41, 5.74) is -0.0364. The van der Waals surface area contributed by atoms with E-state index in [9.17, 15) is 4.79 Å². The monoisotopic (exact) mass is 226 g/mol. The number of ether oxygens (including phenoxy) is 1. The average Bonchev–Trinajstić information content (AvgIpc) is 2.25. The van der Waals surface area contributed by atoms with E-state index in [1.165, 1.54) is 6.42 Å². The molecule has 2 fully saturated rings. The molecule has 0 aromatic carbocycles. The normalized spacial score (nSPS) is 29.0. The van der Waals surface area contributed by atoms with Gasteiger partial charge in [0.1, 0.15) is 0 Å². The number of nitrogens with one attached hydrogen (secondary N) is 1. The fraction of sp³-hybridized carbons (Fsp3) is 0.917. The Morgan fingerprint density at radius 2 is 2.25 bits per heavy atom. The Labute approximate surface area is 97.3 Å². The van der Waals surface area contributed by atoms with Crippen LogP contribution in [0.3, 0.4) is 0 Å². The largest absolute Gasteiger partial charge is 0.376 e. The second-order valence-corrected chi connectivity index (χ2v) is 4.98. The number of nitrogens with zero attached hydrogens (tertiary/aromatic N) is 1. The molecule has 1 saturated heterocycles. The van der Waals surface area contributed by atoms with Gasteiger partial charge >= 0.3 is 0 Å². The Morgan fingerprint density at radius 1 is 1.50 bits per heavy atom. The summed E-state index contributed by atoms with van der Waals surface area (Å²) in [6.45, 7) is 1.67. The van der Waals surface area contributed by atoms with Crippen LogP contribution in [0.1, 0.15) is 32.1 Å². The van der Waals surface area contributed by atoms with Crippen LogP contribution in [0.5, 0.6) is 0 Å². The van der Waals surface area contributed by atoms with Crippen LogP contribution in [0, 0.1) is 0 Å². The van der Waals surface area contributed by atoms with Crippen LogP contribution in [0.25, 0.3) is 0 Å². The summed E-state index contributed by atoms with van der Waals surface area (Å²) >= 11 is 0. The van der Waals surface area contributed by atoms with Crippen molar-refractivity contribution in [2.24, 2.45) is 0 Å². The summed E-state index contributed by atoms with van der Waals surface area (Å²) < 4.78 is 5.58. The SMILES string of the molecule is CNC1CCCN(CC2(OC)CCC2)C1=O. The summed E-state index contributed by atoms with van der Waals surface area (Å²) in [6, 6.07) is 0.0164. The minimum atomic E-state index is -0.0364. The zero-order valence-electron chi connectivity index (χ0n) is 10.3. The second kappa shape index (κ2) is 4.72. The van der Waals surface area contributed by atoms with Gasteiger partial charge in [-0.15, -0.1) is 0 Å². The van der Waals surface area contributed by atoms with Gasteiger partial charge in [0.15, 0.2) is 0 Å². The molecule has 1 heterocycles. The highest BCUT2D eigenvalue weighted by molar-refractivity contribution is 5.82. The van der Waals surface area contributed by atoms with E-state index < -0.39 is 0 Å². The van der Waals surface area contributed by atoms with Gasteiger partial charge in [0.05, 0.1) is 11.6 Å². The molecule has 0 aromatic heterocycles. The molecule has 0 spiro atoms. The van der Waals surface area contributed by atoms with Crippen molar-refractivity contribution < 1.29 is 9.53 Å². The molecule has 1 atom stereocenters. The summed E-state index contributed by atoms with van der Waals surface area (Å²) in [4.78, 5) is 14.1. The van der Waals surface area contributed by atoms with Crippen LogP contribution in [0.2, 0.25) is 0 Å². The third-order valence-corrected chi connectivity index (χ3v) is 4.06. The fourth-order valence-corrected chi connectivity index (χ4v) is 2.71. The number of methoxy groups -OCH3 is 1. The van der Waals surface area contributed by atoms with E-state index in [2.05, 4.69) is 5.32 Å². The Kier molecular flexibility index (Phi) is 3.50. The smallest absolute Gasteiger partial charge is 0.239 e. The number of likely N-dealkylation sites (tertiary alicyclic amines) is 1. The first-order valence-corrected chi connectivity index (χ1v) is 6.22. The summed E-state index contributed by atoms with van der Waals surface area (Å²) in [5, 5.41) is 3.09. The van der Waals surface area contributed by atoms with Gasteiger partial charge in [-0.1, -0.05) is 0 Å². The molecule has 16 heavy (non-hydrogen) atoms. The third kappa shape index (κ3) is 2.09. The van der Waals surface area contributed by atoms with E-state index >= 15 is 0 Å². The molecular formula is C12H22N2O2. The van der Waals surface area contributed by atoms with Crippen molar-refractivity contribution >= 4 is 5.91 Å². The van der Waals surface area contributed by atoms with Gasteiger partial charge in [0, 0.05) is 20.2 Å². The van der Waals surface area contributed by atoms with E-state index in [4.69, 9.17) is 4.74 Å². The Balaban J connectivity index is 1.95.